The van der Waals surface area contributed by atoms with Crippen LogP contribution in [0, 0.1) is 0 Å². The molecule has 342 valence electrons. The van der Waals surface area contributed by atoms with Crippen LogP contribution in [-0.2, 0) is 0 Å². The van der Waals surface area contributed by atoms with Crippen molar-refractivity contribution in [3.63, 3.8) is 0 Å². The van der Waals surface area contributed by atoms with Crippen molar-refractivity contribution >= 4 is 22.6 Å². The zero-order valence-corrected chi connectivity index (χ0v) is 39.7. The maximum atomic E-state index is 5.43. The molecule has 0 aliphatic carbocycles. The SMILES string of the molecule is C=C1C(=C)N(c2c(-c3ccccc3)cc(-c3nc(-c4ccccc4)nc(-c4cc(-c5ccccc5)cc(-c5ccccc5)c4)n3)cc2-c2ccccc2)C(=C)/C=C\C=C/N(c2ccccc2)c2ccccc21. The van der Waals surface area contributed by atoms with E-state index >= 15 is 0 Å². The van der Waals surface area contributed by atoms with E-state index in [1.807, 2.05) is 85.0 Å². The van der Waals surface area contributed by atoms with E-state index in [1.54, 1.807) is 0 Å². The van der Waals surface area contributed by atoms with E-state index in [4.69, 9.17) is 34.7 Å². The zero-order valence-electron chi connectivity index (χ0n) is 39.7. The molecule has 0 fully saturated rings. The normalized spacial score (nSPS) is 13.5. The van der Waals surface area contributed by atoms with Crippen molar-refractivity contribution < 1.29 is 0 Å². The van der Waals surface area contributed by atoms with Crippen molar-refractivity contribution in [2.45, 2.75) is 0 Å². The van der Waals surface area contributed by atoms with Gasteiger partial charge in [0.1, 0.15) is 0 Å². The summed E-state index contributed by atoms with van der Waals surface area (Å²) in [5, 5.41) is 0. The second-order valence-electron chi connectivity index (χ2n) is 17.5. The molecule has 1 aliphatic rings. The number of para-hydroxylation sites is 2. The Kier molecular flexibility index (Phi) is 12.5. The summed E-state index contributed by atoms with van der Waals surface area (Å²) in [6, 6.07) is 81.7. The zero-order chi connectivity index (χ0) is 48.8. The molecule has 5 heteroatoms. The molecule has 0 spiro atoms. The lowest BCUT2D eigenvalue weighted by molar-refractivity contribution is 1.07. The average Bonchev–Trinajstić information content (AvgIpc) is 3.47. The van der Waals surface area contributed by atoms with E-state index in [0.717, 1.165) is 89.4 Å². The Morgan fingerprint density at radius 3 is 1.25 bits per heavy atom. The summed E-state index contributed by atoms with van der Waals surface area (Å²) in [5.41, 5.74) is 16.7. The molecule has 1 aliphatic heterocycles. The molecular weight excluding hydrogens is 875 g/mol. The van der Waals surface area contributed by atoms with Gasteiger partial charge in [-0.05, 0) is 94.1 Å². The molecule has 0 unspecified atom stereocenters. The van der Waals surface area contributed by atoms with Gasteiger partial charge < -0.3 is 9.80 Å². The number of hydrogen-bond donors (Lipinski definition) is 0. The van der Waals surface area contributed by atoms with Gasteiger partial charge >= 0.3 is 0 Å². The van der Waals surface area contributed by atoms with E-state index in [0.29, 0.717) is 28.9 Å². The molecule has 0 N–H and O–H groups in total. The van der Waals surface area contributed by atoms with Crippen LogP contribution in [0.25, 0.3) is 84.2 Å². The molecule has 10 aromatic rings. The third-order valence-electron chi connectivity index (χ3n) is 12.9. The molecule has 0 radical (unpaired) electrons. The fourth-order valence-electron chi connectivity index (χ4n) is 9.33. The van der Waals surface area contributed by atoms with Gasteiger partial charge in [0.15, 0.2) is 17.5 Å². The van der Waals surface area contributed by atoms with Crippen molar-refractivity contribution in [3.8, 4) is 78.7 Å². The quantitative estimate of drug-likeness (QED) is 0.144. The number of rotatable bonds is 9. The van der Waals surface area contributed by atoms with Crippen molar-refractivity contribution in [2.24, 2.45) is 0 Å². The Labute approximate surface area is 421 Å². The van der Waals surface area contributed by atoms with Gasteiger partial charge in [0, 0.05) is 62.2 Å². The average molecular weight is 924 g/mol. The molecule has 9 aromatic carbocycles. The first-order valence-electron chi connectivity index (χ1n) is 24.0. The van der Waals surface area contributed by atoms with Crippen LogP contribution in [0.4, 0.5) is 17.1 Å². The summed E-state index contributed by atoms with van der Waals surface area (Å²) >= 11 is 0. The third kappa shape index (κ3) is 9.14. The van der Waals surface area contributed by atoms with Crippen LogP contribution in [-0.4, -0.2) is 15.0 Å². The number of benzene rings is 9. The van der Waals surface area contributed by atoms with Gasteiger partial charge in [-0.3, -0.25) is 0 Å². The summed E-state index contributed by atoms with van der Waals surface area (Å²) in [6.45, 7) is 14.4. The van der Waals surface area contributed by atoms with Gasteiger partial charge in [-0.2, -0.15) is 0 Å². The number of hydrogen-bond acceptors (Lipinski definition) is 5. The molecule has 0 saturated carbocycles. The molecule has 72 heavy (non-hydrogen) atoms. The second-order valence-corrected chi connectivity index (χ2v) is 17.5. The highest BCUT2D eigenvalue weighted by molar-refractivity contribution is 6.00. The molecule has 1 aromatic heterocycles. The first-order valence-corrected chi connectivity index (χ1v) is 24.0. The molecule has 0 saturated heterocycles. The summed E-state index contributed by atoms with van der Waals surface area (Å²) in [6.07, 6.45) is 8.19. The lowest BCUT2D eigenvalue weighted by Gasteiger charge is -2.34. The number of nitrogens with zero attached hydrogens (tertiary/aromatic N) is 5. The summed E-state index contributed by atoms with van der Waals surface area (Å²) in [7, 11) is 0. The number of allylic oxidation sites excluding steroid dienone is 4. The Hall–Kier alpha value is -9.71. The van der Waals surface area contributed by atoms with Gasteiger partial charge in [-0.1, -0.05) is 214 Å². The van der Waals surface area contributed by atoms with Gasteiger partial charge in [-0.25, -0.2) is 15.0 Å². The maximum Gasteiger partial charge on any atom is 0.164 e. The summed E-state index contributed by atoms with van der Waals surface area (Å²) in [5.74, 6) is 1.66. The first-order chi connectivity index (χ1) is 35.5. The molecule has 2 heterocycles. The largest absolute Gasteiger partial charge is 0.317 e. The van der Waals surface area contributed by atoms with E-state index in [2.05, 4.69) is 186 Å². The van der Waals surface area contributed by atoms with Crippen LogP contribution in [0.15, 0.2) is 292 Å². The Balaban J connectivity index is 1.15. The van der Waals surface area contributed by atoms with Crippen LogP contribution in [0.5, 0.6) is 0 Å². The van der Waals surface area contributed by atoms with Crippen molar-refractivity contribution in [1.82, 2.24) is 15.0 Å². The van der Waals surface area contributed by atoms with Crippen LogP contribution in [0.2, 0.25) is 0 Å². The highest BCUT2D eigenvalue weighted by Crippen LogP contribution is 2.48. The highest BCUT2D eigenvalue weighted by atomic mass is 15.2. The Morgan fingerprint density at radius 1 is 0.333 bits per heavy atom. The lowest BCUT2D eigenvalue weighted by atomic mass is 9.90. The first kappa shape index (κ1) is 44.8. The van der Waals surface area contributed by atoms with Gasteiger partial charge in [0.2, 0.25) is 0 Å². The molecular formula is C67H49N5. The van der Waals surface area contributed by atoms with E-state index in [9.17, 15) is 0 Å². The minimum Gasteiger partial charge on any atom is -0.317 e. The minimum atomic E-state index is 0.533. The van der Waals surface area contributed by atoms with Gasteiger partial charge in [0.25, 0.3) is 0 Å². The van der Waals surface area contributed by atoms with Gasteiger partial charge in [0.05, 0.1) is 11.4 Å². The van der Waals surface area contributed by atoms with E-state index in [1.165, 1.54) is 0 Å². The molecule has 5 nitrogen and oxygen atoms in total. The fraction of sp³-hybridized carbons (Fsp3) is 0. The lowest BCUT2D eigenvalue weighted by Crippen LogP contribution is -2.22. The predicted molar refractivity (Wildman–Crippen MR) is 301 cm³/mol. The Morgan fingerprint density at radius 2 is 0.736 bits per heavy atom. The Bertz CT molecular complexity index is 3540. The summed E-state index contributed by atoms with van der Waals surface area (Å²) in [4.78, 5) is 20.4. The van der Waals surface area contributed by atoms with Crippen molar-refractivity contribution in [3.05, 3.63) is 298 Å². The number of aromatic nitrogens is 3. The van der Waals surface area contributed by atoms with Gasteiger partial charge in [-0.15, -0.1) is 0 Å². The topological polar surface area (TPSA) is 45.2 Å². The van der Waals surface area contributed by atoms with Crippen LogP contribution in [0.3, 0.4) is 0 Å². The monoisotopic (exact) mass is 923 g/mol. The van der Waals surface area contributed by atoms with Crippen LogP contribution >= 0.6 is 0 Å². The standard InChI is InChI=1S/C67H49N5/c1-47-26-24-25-41-71(59-37-20-9-21-38-59)63-40-23-22-39-60(63)48(2)49(3)72(47)64-61(52-31-14-6-15-32-52)45-58(46-62(64)53-33-16-7-17-34-53)67-69-65(54-35-18-8-19-36-54)68-66(70-67)57-43-55(50-27-10-4-11-28-50)42-56(44-57)51-29-12-5-13-30-51/h4-46H,1-3H2/b26-24-,41-25-. The molecule has 11 rings (SSSR count). The minimum absolute atomic E-state index is 0.533. The third-order valence-corrected chi connectivity index (χ3v) is 12.9. The fourth-order valence-corrected chi connectivity index (χ4v) is 9.33. The molecule has 0 atom stereocenters. The van der Waals surface area contributed by atoms with Crippen molar-refractivity contribution in [2.75, 3.05) is 9.80 Å². The smallest absolute Gasteiger partial charge is 0.164 e. The van der Waals surface area contributed by atoms with Crippen molar-refractivity contribution in [1.29, 1.82) is 0 Å². The van der Waals surface area contributed by atoms with Crippen LogP contribution in [0.1, 0.15) is 5.56 Å². The number of anilines is 3. The van der Waals surface area contributed by atoms with Crippen LogP contribution < -0.4 is 9.80 Å². The van der Waals surface area contributed by atoms with E-state index in [-0.39, 0.29) is 0 Å². The number of fused-ring (bicyclic) bond motifs is 1. The highest BCUT2D eigenvalue weighted by Gasteiger charge is 2.28. The second kappa shape index (κ2) is 20.1. The maximum absolute atomic E-state index is 5.43. The predicted octanol–water partition coefficient (Wildman–Crippen LogP) is 17.3. The molecule has 0 amide bonds. The van der Waals surface area contributed by atoms with E-state index < -0.39 is 0 Å². The molecule has 0 bridgehead atoms. The summed E-state index contributed by atoms with van der Waals surface area (Å²) < 4.78 is 0.